The zero-order valence-electron chi connectivity index (χ0n) is 16.2. The molecule has 0 amide bonds. The molecule has 0 saturated heterocycles. The van der Waals surface area contributed by atoms with E-state index in [1.165, 1.54) is 0 Å². The van der Waals surface area contributed by atoms with Crippen molar-refractivity contribution < 1.29 is 0 Å². The molecule has 142 valence electrons. The quantitative estimate of drug-likeness (QED) is 0.374. The lowest BCUT2D eigenvalue weighted by molar-refractivity contribution is 1.13. The van der Waals surface area contributed by atoms with Crippen LogP contribution in [-0.2, 0) is 0 Å². The summed E-state index contributed by atoms with van der Waals surface area (Å²) in [7, 11) is 0. The Labute approximate surface area is 172 Å². The average Bonchev–Trinajstić information content (AvgIpc) is 2.67. The molecule has 2 aromatic heterocycles. The van der Waals surface area contributed by atoms with Gasteiger partial charge in [0.25, 0.3) is 5.56 Å². The number of allylic oxidation sites excluding steroid dienone is 1. The number of benzene rings is 2. The first kappa shape index (κ1) is 18.9. The minimum Gasteiger partial charge on any atom is -0.305 e. The largest absolute Gasteiger partial charge is 0.305 e. The van der Waals surface area contributed by atoms with Gasteiger partial charge in [-0.25, -0.2) is 9.97 Å². The van der Waals surface area contributed by atoms with Gasteiger partial charge in [0.15, 0.2) is 5.82 Å². The van der Waals surface area contributed by atoms with E-state index in [4.69, 9.17) is 11.6 Å². The van der Waals surface area contributed by atoms with Crippen LogP contribution >= 0.6 is 11.6 Å². The van der Waals surface area contributed by atoms with Crippen molar-refractivity contribution in [2.24, 2.45) is 0 Å². The van der Waals surface area contributed by atoms with Crippen molar-refractivity contribution in [1.82, 2.24) is 15.0 Å². The average molecular weight is 401 g/mol. The third kappa shape index (κ3) is 3.51. The number of H-pyrrole nitrogens is 1. The van der Waals surface area contributed by atoms with Gasteiger partial charge in [-0.05, 0) is 56.7 Å². The summed E-state index contributed by atoms with van der Waals surface area (Å²) in [5.41, 5.74) is 4.98. The summed E-state index contributed by atoms with van der Waals surface area (Å²) in [4.78, 5) is 24.1. The smallest absolute Gasteiger partial charge is 0.259 e. The summed E-state index contributed by atoms with van der Waals surface area (Å²) in [5, 5.41) is 11.4. The number of aryl methyl sites for hydroxylation is 3. The summed E-state index contributed by atoms with van der Waals surface area (Å²) in [6, 6.07) is 13.5. The number of nitrogens with one attached hydrogen (secondary N) is 1. The van der Waals surface area contributed by atoms with Gasteiger partial charge in [0.05, 0.1) is 22.0 Å². The number of pyridine rings is 1. The summed E-state index contributed by atoms with van der Waals surface area (Å²) in [5.74, 6) is 0.199. The second-order valence-electron chi connectivity index (χ2n) is 7.13. The summed E-state index contributed by atoms with van der Waals surface area (Å²) in [6.07, 6.45) is 1.60. The Hall–Kier alpha value is -3.49. The number of hydrogen-bond acceptors (Lipinski definition) is 4. The molecule has 0 atom stereocenters. The highest BCUT2D eigenvalue weighted by Crippen LogP contribution is 2.27. The van der Waals surface area contributed by atoms with Crippen LogP contribution < -0.4 is 5.56 Å². The lowest BCUT2D eigenvalue weighted by Crippen LogP contribution is -2.11. The van der Waals surface area contributed by atoms with Crippen LogP contribution in [0.3, 0.4) is 0 Å². The maximum absolute atomic E-state index is 12.5. The van der Waals surface area contributed by atoms with E-state index in [2.05, 4.69) is 21.0 Å². The van der Waals surface area contributed by atoms with Gasteiger partial charge in [-0.2, -0.15) is 5.26 Å². The zero-order chi connectivity index (χ0) is 20.7. The Morgan fingerprint density at radius 2 is 1.90 bits per heavy atom. The molecule has 2 aromatic carbocycles. The molecule has 0 aliphatic heterocycles. The Balaban J connectivity index is 1.90. The molecule has 0 spiro atoms. The van der Waals surface area contributed by atoms with Crippen molar-refractivity contribution in [3.05, 3.63) is 80.0 Å². The lowest BCUT2D eigenvalue weighted by atomic mass is 10.0. The Kier molecular flexibility index (Phi) is 4.65. The minimum absolute atomic E-state index is 0.199. The van der Waals surface area contributed by atoms with Crippen LogP contribution in [-0.4, -0.2) is 15.0 Å². The second-order valence-corrected chi connectivity index (χ2v) is 7.48. The molecule has 1 N–H and O–H groups in total. The molecule has 0 saturated carbocycles. The maximum Gasteiger partial charge on any atom is 0.259 e. The highest BCUT2D eigenvalue weighted by Gasteiger charge is 2.12. The van der Waals surface area contributed by atoms with E-state index in [-0.39, 0.29) is 22.1 Å². The van der Waals surface area contributed by atoms with Crippen molar-refractivity contribution in [2.45, 2.75) is 20.8 Å². The van der Waals surface area contributed by atoms with Crippen LogP contribution in [0.2, 0.25) is 5.15 Å². The molecule has 2 heterocycles. The van der Waals surface area contributed by atoms with E-state index >= 15 is 0 Å². The van der Waals surface area contributed by atoms with Crippen molar-refractivity contribution in [2.75, 3.05) is 0 Å². The van der Waals surface area contributed by atoms with Crippen molar-refractivity contribution in [3.8, 4) is 6.07 Å². The highest BCUT2D eigenvalue weighted by molar-refractivity contribution is 6.31. The molecule has 0 aliphatic carbocycles. The fourth-order valence-electron chi connectivity index (χ4n) is 3.44. The second kappa shape index (κ2) is 7.16. The van der Waals surface area contributed by atoms with E-state index in [0.717, 1.165) is 27.6 Å². The number of rotatable bonds is 2. The molecule has 0 radical (unpaired) electrons. The number of aromatic nitrogens is 3. The predicted octanol–water partition coefficient (Wildman–Crippen LogP) is 5.11. The number of fused-ring (bicyclic) bond motifs is 2. The van der Waals surface area contributed by atoms with E-state index in [0.29, 0.717) is 16.5 Å². The first-order valence-corrected chi connectivity index (χ1v) is 9.44. The molecule has 5 nitrogen and oxygen atoms in total. The molecule has 0 aliphatic rings. The highest BCUT2D eigenvalue weighted by atomic mass is 35.5. The molecule has 4 rings (SSSR count). The lowest BCUT2D eigenvalue weighted by Gasteiger charge is -2.07. The third-order valence-corrected chi connectivity index (χ3v) is 5.07. The Morgan fingerprint density at radius 3 is 2.66 bits per heavy atom. The van der Waals surface area contributed by atoms with Gasteiger partial charge in [-0.3, -0.25) is 4.79 Å². The van der Waals surface area contributed by atoms with E-state index in [1.807, 2.05) is 45.0 Å². The minimum atomic E-state index is -0.288. The van der Waals surface area contributed by atoms with Crippen LogP contribution in [0.15, 0.2) is 41.2 Å². The number of hydrogen-bond donors (Lipinski definition) is 1. The normalized spacial score (nSPS) is 11.8. The van der Waals surface area contributed by atoms with Crippen molar-refractivity contribution in [1.29, 1.82) is 5.26 Å². The predicted molar refractivity (Wildman–Crippen MR) is 117 cm³/mol. The maximum atomic E-state index is 12.5. The van der Waals surface area contributed by atoms with Crippen LogP contribution in [0.1, 0.15) is 28.1 Å². The topological polar surface area (TPSA) is 82.4 Å². The van der Waals surface area contributed by atoms with Crippen LogP contribution in [0.25, 0.3) is 33.5 Å². The first-order valence-electron chi connectivity index (χ1n) is 9.06. The van der Waals surface area contributed by atoms with Gasteiger partial charge in [0.1, 0.15) is 11.2 Å². The number of nitriles is 1. The number of halogens is 1. The molecule has 0 unspecified atom stereocenters. The van der Waals surface area contributed by atoms with Crippen LogP contribution in [0.5, 0.6) is 0 Å². The zero-order valence-corrected chi connectivity index (χ0v) is 16.9. The summed E-state index contributed by atoms with van der Waals surface area (Å²) in [6.45, 7) is 5.91. The van der Waals surface area contributed by atoms with Crippen molar-refractivity contribution >= 4 is 45.1 Å². The van der Waals surface area contributed by atoms with Gasteiger partial charge in [0.2, 0.25) is 0 Å². The van der Waals surface area contributed by atoms with Gasteiger partial charge in [-0.1, -0.05) is 34.9 Å². The third-order valence-electron chi connectivity index (χ3n) is 4.77. The Morgan fingerprint density at radius 1 is 1.10 bits per heavy atom. The molecular formula is C23H17ClN4O. The summed E-state index contributed by atoms with van der Waals surface area (Å²) < 4.78 is 0. The first-order chi connectivity index (χ1) is 13.9. The van der Waals surface area contributed by atoms with E-state index in [9.17, 15) is 10.1 Å². The fourth-order valence-corrected chi connectivity index (χ4v) is 3.63. The molecule has 0 bridgehead atoms. The standard InChI is InChI=1S/C23H17ClN4O/c1-12-4-5-19-18(8-12)23(29)28-22(26-19)17(11-25)10-16-9-15-7-13(2)6-14(3)20(15)27-21(16)24/h4-10H,1-3H3,(H,26,28,29)/b17-10+. The monoisotopic (exact) mass is 400 g/mol. The molecule has 29 heavy (non-hydrogen) atoms. The van der Waals surface area contributed by atoms with Gasteiger partial charge >= 0.3 is 0 Å². The number of nitrogens with zero attached hydrogens (tertiary/aromatic N) is 3. The van der Waals surface area contributed by atoms with Crippen molar-refractivity contribution in [3.63, 3.8) is 0 Å². The van der Waals surface area contributed by atoms with Gasteiger partial charge in [0, 0.05) is 10.9 Å². The molecular weight excluding hydrogens is 384 g/mol. The number of aromatic amines is 1. The Bertz CT molecular complexity index is 1430. The molecule has 4 aromatic rings. The van der Waals surface area contributed by atoms with Crippen LogP contribution in [0.4, 0.5) is 0 Å². The molecule has 6 heteroatoms. The molecule has 0 fully saturated rings. The van der Waals surface area contributed by atoms with Gasteiger partial charge in [-0.15, -0.1) is 0 Å². The van der Waals surface area contributed by atoms with Crippen LogP contribution in [0, 0.1) is 32.1 Å². The SMILES string of the molecule is Cc1cc(C)c2nc(Cl)c(/C=C(\C#N)c3nc4ccc(C)cc4c(=O)[nH]3)cc2c1. The van der Waals surface area contributed by atoms with Gasteiger partial charge < -0.3 is 4.98 Å². The fraction of sp³-hybridized carbons (Fsp3) is 0.130. The summed E-state index contributed by atoms with van der Waals surface area (Å²) >= 11 is 6.39. The van der Waals surface area contributed by atoms with E-state index in [1.54, 1.807) is 18.2 Å². The van der Waals surface area contributed by atoms with E-state index < -0.39 is 0 Å².